The highest BCUT2D eigenvalue weighted by Crippen LogP contribution is 2.29. The number of methoxy groups -OCH3 is 1. The third-order valence-corrected chi connectivity index (χ3v) is 5.50. The molecule has 8 heteroatoms. The average molecular weight is 397 g/mol. The van der Waals surface area contributed by atoms with Crippen LogP contribution in [0.3, 0.4) is 0 Å². The smallest absolute Gasteiger partial charge is 0.237 e. The van der Waals surface area contributed by atoms with Crippen molar-refractivity contribution in [1.82, 2.24) is 20.6 Å². The Kier molecular flexibility index (Phi) is 6.21. The molecule has 0 atom stereocenters. The summed E-state index contributed by atoms with van der Waals surface area (Å²) in [6.45, 7) is 4.43. The van der Waals surface area contributed by atoms with Crippen molar-refractivity contribution >= 4 is 11.7 Å². The largest absolute Gasteiger partial charge is 0.496 e. The Labute approximate surface area is 170 Å². The predicted molar refractivity (Wildman–Crippen MR) is 109 cm³/mol. The minimum Gasteiger partial charge on any atom is -0.496 e. The standard InChI is InChI=1S/C21H27N5O3/c1-28-19-5-3-2-4-17(19)18-6-7-20(23-22-18)25-10-8-16(9-11-25)21(27)24-26-12-14-29-15-13-26/h2-7,16H,8-15H2,1H3,(H,24,27). The minimum absolute atomic E-state index is 0.0370. The van der Waals surface area contributed by atoms with Crippen molar-refractivity contribution in [2.24, 2.45) is 5.92 Å². The van der Waals surface area contributed by atoms with Gasteiger partial charge in [-0.1, -0.05) is 12.1 Å². The van der Waals surface area contributed by atoms with Gasteiger partial charge in [-0.15, -0.1) is 10.2 Å². The van der Waals surface area contributed by atoms with Gasteiger partial charge in [0.1, 0.15) is 5.75 Å². The maximum Gasteiger partial charge on any atom is 0.237 e. The molecule has 1 amide bonds. The molecule has 3 heterocycles. The molecule has 1 aromatic carbocycles. The first kappa shape index (κ1) is 19.6. The lowest BCUT2D eigenvalue weighted by atomic mass is 9.96. The van der Waals surface area contributed by atoms with Crippen LogP contribution in [0.2, 0.25) is 0 Å². The van der Waals surface area contributed by atoms with E-state index in [0.29, 0.717) is 13.2 Å². The maximum atomic E-state index is 12.5. The first-order chi connectivity index (χ1) is 14.2. The lowest BCUT2D eigenvalue weighted by molar-refractivity contribution is -0.132. The Hall–Kier alpha value is -2.71. The monoisotopic (exact) mass is 397 g/mol. The minimum atomic E-state index is 0.0370. The van der Waals surface area contributed by atoms with Gasteiger partial charge in [0, 0.05) is 37.7 Å². The fraction of sp³-hybridized carbons (Fsp3) is 0.476. The van der Waals surface area contributed by atoms with E-state index in [2.05, 4.69) is 20.5 Å². The van der Waals surface area contributed by atoms with Crippen molar-refractivity contribution in [2.45, 2.75) is 12.8 Å². The van der Waals surface area contributed by atoms with Gasteiger partial charge >= 0.3 is 0 Å². The highest BCUT2D eigenvalue weighted by Gasteiger charge is 2.27. The molecule has 0 unspecified atom stereocenters. The first-order valence-corrected chi connectivity index (χ1v) is 10.1. The van der Waals surface area contributed by atoms with Crippen molar-refractivity contribution in [3.8, 4) is 17.0 Å². The quantitative estimate of drug-likeness (QED) is 0.823. The van der Waals surface area contributed by atoms with Crippen molar-refractivity contribution in [2.75, 3.05) is 51.4 Å². The number of piperidine rings is 1. The molecule has 29 heavy (non-hydrogen) atoms. The van der Waals surface area contributed by atoms with Crippen LogP contribution >= 0.6 is 0 Å². The number of nitrogens with one attached hydrogen (secondary N) is 1. The SMILES string of the molecule is COc1ccccc1-c1ccc(N2CCC(C(=O)NN3CCOCC3)CC2)nn1. The van der Waals surface area contributed by atoms with Crippen LogP contribution < -0.4 is 15.1 Å². The van der Waals surface area contributed by atoms with Gasteiger partial charge in [-0.05, 0) is 37.1 Å². The highest BCUT2D eigenvalue weighted by molar-refractivity contribution is 5.78. The highest BCUT2D eigenvalue weighted by atomic mass is 16.5. The van der Waals surface area contributed by atoms with Gasteiger partial charge in [-0.2, -0.15) is 0 Å². The summed E-state index contributed by atoms with van der Waals surface area (Å²) in [5, 5.41) is 10.8. The van der Waals surface area contributed by atoms with Gasteiger partial charge in [0.15, 0.2) is 5.82 Å². The number of carbonyl (C=O) groups is 1. The summed E-state index contributed by atoms with van der Waals surface area (Å²) in [6, 6.07) is 11.7. The number of carbonyl (C=O) groups excluding carboxylic acids is 1. The van der Waals surface area contributed by atoms with E-state index in [1.165, 1.54) is 0 Å². The number of benzene rings is 1. The van der Waals surface area contributed by atoms with Crippen molar-refractivity contribution in [1.29, 1.82) is 0 Å². The maximum absolute atomic E-state index is 12.5. The number of nitrogens with zero attached hydrogens (tertiary/aromatic N) is 4. The van der Waals surface area contributed by atoms with E-state index in [4.69, 9.17) is 9.47 Å². The molecule has 0 aliphatic carbocycles. The van der Waals surface area contributed by atoms with Crippen LogP contribution in [-0.2, 0) is 9.53 Å². The Bertz CT molecular complexity index is 815. The molecule has 2 aliphatic heterocycles. The van der Waals surface area contributed by atoms with Gasteiger partial charge in [-0.25, -0.2) is 5.01 Å². The molecule has 2 fully saturated rings. The van der Waals surface area contributed by atoms with Crippen LogP contribution in [0.25, 0.3) is 11.3 Å². The topological polar surface area (TPSA) is 79.8 Å². The van der Waals surface area contributed by atoms with Gasteiger partial charge in [0.2, 0.25) is 5.91 Å². The lowest BCUT2D eigenvalue weighted by Crippen LogP contribution is -2.51. The number of hydrogen-bond acceptors (Lipinski definition) is 7. The number of ether oxygens (including phenoxy) is 2. The Morgan fingerprint density at radius 3 is 2.52 bits per heavy atom. The Balaban J connectivity index is 1.33. The molecule has 2 aromatic rings. The average Bonchev–Trinajstić information content (AvgIpc) is 2.80. The second kappa shape index (κ2) is 9.19. The van der Waals surface area contributed by atoms with E-state index in [1.54, 1.807) is 7.11 Å². The van der Waals surface area contributed by atoms with Gasteiger partial charge < -0.3 is 14.4 Å². The number of hydrogen-bond donors (Lipinski definition) is 1. The third kappa shape index (κ3) is 4.65. The first-order valence-electron chi connectivity index (χ1n) is 10.1. The molecule has 2 saturated heterocycles. The molecular weight excluding hydrogens is 370 g/mol. The molecule has 0 spiro atoms. The summed E-state index contributed by atoms with van der Waals surface area (Å²) in [7, 11) is 1.65. The Morgan fingerprint density at radius 2 is 1.83 bits per heavy atom. The summed E-state index contributed by atoms with van der Waals surface area (Å²) in [4.78, 5) is 14.7. The molecular formula is C21H27N5O3. The zero-order valence-corrected chi connectivity index (χ0v) is 16.7. The van der Waals surface area contributed by atoms with E-state index < -0.39 is 0 Å². The molecule has 154 valence electrons. The number of rotatable bonds is 5. The van der Waals surface area contributed by atoms with Gasteiger partial charge in [0.25, 0.3) is 0 Å². The van der Waals surface area contributed by atoms with E-state index in [-0.39, 0.29) is 11.8 Å². The lowest BCUT2D eigenvalue weighted by Gasteiger charge is -2.34. The zero-order chi connectivity index (χ0) is 20.1. The van der Waals surface area contributed by atoms with E-state index >= 15 is 0 Å². The predicted octanol–water partition coefficient (Wildman–Crippen LogP) is 1.73. The van der Waals surface area contributed by atoms with Crippen LogP contribution in [0.5, 0.6) is 5.75 Å². The molecule has 8 nitrogen and oxygen atoms in total. The number of morpholine rings is 1. The molecule has 1 N–H and O–H groups in total. The normalized spacial score (nSPS) is 18.4. The van der Waals surface area contributed by atoms with Gasteiger partial charge in [-0.3, -0.25) is 10.2 Å². The summed E-state index contributed by atoms with van der Waals surface area (Å²) in [5.41, 5.74) is 4.74. The molecule has 0 bridgehead atoms. The molecule has 1 aromatic heterocycles. The van der Waals surface area contributed by atoms with Gasteiger partial charge in [0.05, 0.1) is 26.0 Å². The number of amides is 1. The van der Waals surface area contributed by atoms with E-state index in [9.17, 15) is 4.79 Å². The van der Waals surface area contributed by atoms with Crippen LogP contribution in [0.4, 0.5) is 5.82 Å². The number of para-hydroxylation sites is 1. The van der Waals surface area contributed by atoms with Crippen LogP contribution in [0.15, 0.2) is 36.4 Å². The van der Waals surface area contributed by atoms with Crippen LogP contribution in [-0.4, -0.2) is 67.6 Å². The Morgan fingerprint density at radius 1 is 1.07 bits per heavy atom. The number of hydrazine groups is 1. The van der Waals surface area contributed by atoms with Crippen LogP contribution in [0, 0.1) is 5.92 Å². The van der Waals surface area contributed by atoms with E-state index in [1.807, 2.05) is 41.4 Å². The second-order valence-electron chi connectivity index (χ2n) is 7.31. The molecule has 0 saturated carbocycles. The van der Waals surface area contributed by atoms with Crippen molar-refractivity contribution in [3.63, 3.8) is 0 Å². The molecule has 4 rings (SSSR count). The van der Waals surface area contributed by atoms with Crippen molar-refractivity contribution < 1.29 is 14.3 Å². The zero-order valence-electron chi connectivity index (χ0n) is 16.7. The number of aromatic nitrogens is 2. The summed E-state index contributed by atoms with van der Waals surface area (Å²) < 4.78 is 10.7. The summed E-state index contributed by atoms with van der Waals surface area (Å²) >= 11 is 0. The molecule has 0 radical (unpaired) electrons. The molecule has 2 aliphatic rings. The van der Waals surface area contributed by atoms with E-state index in [0.717, 1.165) is 61.8 Å². The fourth-order valence-electron chi connectivity index (χ4n) is 3.79. The summed E-state index contributed by atoms with van der Waals surface area (Å²) in [6.07, 6.45) is 1.62. The summed E-state index contributed by atoms with van der Waals surface area (Å²) in [5.74, 6) is 1.77. The number of anilines is 1. The van der Waals surface area contributed by atoms with Crippen LogP contribution in [0.1, 0.15) is 12.8 Å². The third-order valence-electron chi connectivity index (χ3n) is 5.50. The fourth-order valence-corrected chi connectivity index (χ4v) is 3.79. The second-order valence-corrected chi connectivity index (χ2v) is 7.31. The van der Waals surface area contributed by atoms with Crippen molar-refractivity contribution in [3.05, 3.63) is 36.4 Å².